The number of Topliss-reactive ketones (excluding diaryl/α,β-unsaturated/α-hetero) is 1. The third-order valence-corrected chi connectivity index (χ3v) is 6.16. The molecule has 1 aliphatic rings. The maximum atomic E-state index is 13.3. The van der Waals surface area contributed by atoms with Crippen molar-refractivity contribution in [1.82, 2.24) is 4.90 Å². The van der Waals surface area contributed by atoms with Gasteiger partial charge in [-0.3, -0.25) is 9.59 Å². The molecule has 0 aliphatic carbocycles. The van der Waals surface area contributed by atoms with Gasteiger partial charge in [-0.1, -0.05) is 34.1 Å². The van der Waals surface area contributed by atoms with Gasteiger partial charge in [0.15, 0.2) is 0 Å². The SMILES string of the molecule is Cc1ccc(C2/C(=C(/O)c3ccc(Br)c(C)c3)C(=O)C(=O)N2Cc2ccc(F)cc2)o1. The molecule has 0 radical (unpaired) electrons. The molecule has 0 bridgehead atoms. The molecule has 1 aliphatic heterocycles. The molecule has 2 heterocycles. The van der Waals surface area contributed by atoms with Crippen molar-refractivity contribution in [2.24, 2.45) is 0 Å². The van der Waals surface area contributed by atoms with Crippen molar-refractivity contribution in [3.05, 3.63) is 98.7 Å². The highest BCUT2D eigenvalue weighted by Crippen LogP contribution is 2.41. The zero-order valence-electron chi connectivity index (χ0n) is 16.9. The van der Waals surface area contributed by atoms with Crippen LogP contribution in [0.4, 0.5) is 4.39 Å². The molecule has 1 amide bonds. The summed E-state index contributed by atoms with van der Waals surface area (Å²) in [5.74, 6) is -1.22. The molecule has 158 valence electrons. The van der Waals surface area contributed by atoms with E-state index in [1.165, 1.54) is 17.0 Å². The molecule has 0 saturated carbocycles. The summed E-state index contributed by atoms with van der Waals surface area (Å²) in [6, 6.07) is 13.4. The molecule has 1 saturated heterocycles. The number of aliphatic hydroxyl groups is 1. The average Bonchev–Trinajstić information content (AvgIpc) is 3.27. The number of likely N-dealkylation sites (tertiary alicyclic amines) is 1. The van der Waals surface area contributed by atoms with E-state index in [1.807, 2.05) is 6.92 Å². The fraction of sp³-hybridized carbons (Fsp3) is 0.167. The summed E-state index contributed by atoms with van der Waals surface area (Å²) in [6.45, 7) is 3.68. The summed E-state index contributed by atoms with van der Waals surface area (Å²) in [5.41, 5.74) is 1.91. The van der Waals surface area contributed by atoms with E-state index in [2.05, 4.69) is 15.9 Å². The average molecular weight is 484 g/mol. The third kappa shape index (κ3) is 3.93. The number of aliphatic hydroxyl groups excluding tert-OH is 1. The van der Waals surface area contributed by atoms with Gasteiger partial charge >= 0.3 is 0 Å². The number of carbonyl (C=O) groups is 2. The van der Waals surface area contributed by atoms with E-state index >= 15 is 0 Å². The Morgan fingerprint density at radius 2 is 1.81 bits per heavy atom. The lowest BCUT2D eigenvalue weighted by Gasteiger charge is -2.23. The molecule has 3 aromatic rings. The zero-order chi connectivity index (χ0) is 22.3. The molecule has 0 spiro atoms. The maximum absolute atomic E-state index is 13.3. The van der Waals surface area contributed by atoms with Crippen LogP contribution in [0.1, 0.15) is 34.3 Å². The van der Waals surface area contributed by atoms with Crippen LogP contribution < -0.4 is 0 Å². The fourth-order valence-electron chi connectivity index (χ4n) is 3.67. The molecule has 1 atom stereocenters. The lowest BCUT2D eigenvalue weighted by molar-refractivity contribution is -0.140. The Bertz CT molecular complexity index is 1210. The van der Waals surface area contributed by atoms with Gasteiger partial charge in [-0.2, -0.15) is 0 Å². The summed E-state index contributed by atoms with van der Waals surface area (Å²) >= 11 is 3.42. The lowest BCUT2D eigenvalue weighted by atomic mass is 9.98. The van der Waals surface area contributed by atoms with E-state index in [9.17, 15) is 19.1 Å². The monoisotopic (exact) mass is 483 g/mol. The van der Waals surface area contributed by atoms with Crippen LogP contribution in [0.3, 0.4) is 0 Å². The van der Waals surface area contributed by atoms with Gasteiger partial charge in [0.2, 0.25) is 0 Å². The van der Waals surface area contributed by atoms with Crippen molar-refractivity contribution in [3.8, 4) is 0 Å². The van der Waals surface area contributed by atoms with Crippen LogP contribution in [0.5, 0.6) is 0 Å². The highest BCUT2D eigenvalue weighted by Gasteiger charge is 2.47. The first-order valence-corrected chi connectivity index (χ1v) is 10.4. The normalized spacial score (nSPS) is 18.1. The molecular weight excluding hydrogens is 465 g/mol. The standard InChI is InChI=1S/C24H19BrFNO4/c1-13-11-16(6-9-18(13)25)22(28)20-21(19-10-3-14(2)31-19)27(24(30)23(20)29)12-15-4-7-17(26)8-5-15/h3-11,21,28H,12H2,1-2H3/b22-20-. The largest absolute Gasteiger partial charge is 0.507 e. The van der Waals surface area contributed by atoms with Crippen LogP contribution in [-0.4, -0.2) is 21.7 Å². The summed E-state index contributed by atoms with van der Waals surface area (Å²) in [4.78, 5) is 27.3. The number of furan rings is 1. The van der Waals surface area contributed by atoms with Crippen molar-refractivity contribution in [2.45, 2.75) is 26.4 Å². The number of nitrogens with zero attached hydrogens (tertiary/aromatic N) is 1. The predicted octanol–water partition coefficient (Wildman–Crippen LogP) is 5.42. The molecule has 1 N–H and O–H groups in total. The lowest BCUT2D eigenvalue weighted by Crippen LogP contribution is -2.29. The summed E-state index contributed by atoms with van der Waals surface area (Å²) in [5, 5.41) is 11.1. The number of aryl methyl sites for hydroxylation is 2. The molecule has 1 unspecified atom stereocenters. The first-order chi connectivity index (χ1) is 14.8. The number of benzene rings is 2. The van der Waals surface area contributed by atoms with Crippen LogP contribution in [0.25, 0.3) is 5.76 Å². The van der Waals surface area contributed by atoms with Crippen LogP contribution in [-0.2, 0) is 16.1 Å². The highest BCUT2D eigenvalue weighted by molar-refractivity contribution is 9.10. The van der Waals surface area contributed by atoms with Gasteiger partial charge in [0.25, 0.3) is 11.7 Å². The van der Waals surface area contributed by atoms with Crippen molar-refractivity contribution < 1.29 is 23.5 Å². The highest BCUT2D eigenvalue weighted by atomic mass is 79.9. The molecule has 4 rings (SSSR count). The number of ketones is 1. The van der Waals surface area contributed by atoms with Gasteiger partial charge in [0.1, 0.15) is 29.1 Å². The summed E-state index contributed by atoms with van der Waals surface area (Å²) < 4.78 is 19.9. The minimum atomic E-state index is -0.900. The second kappa shape index (κ2) is 8.15. The van der Waals surface area contributed by atoms with Crippen LogP contribution in [0.2, 0.25) is 0 Å². The third-order valence-electron chi connectivity index (χ3n) is 5.27. The van der Waals surface area contributed by atoms with Crippen molar-refractivity contribution in [3.63, 3.8) is 0 Å². The van der Waals surface area contributed by atoms with Crippen molar-refractivity contribution in [2.75, 3.05) is 0 Å². The molecule has 7 heteroatoms. The molecule has 31 heavy (non-hydrogen) atoms. The Morgan fingerprint density at radius 3 is 2.42 bits per heavy atom. The van der Waals surface area contributed by atoms with E-state index in [0.717, 1.165) is 10.0 Å². The van der Waals surface area contributed by atoms with Crippen LogP contribution in [0.15, 0.2) is 69.1 Å². The Hall–Kier alpha value is -3.19. The molecule has 5 nitrogen and oxygen atoms in total. The zero-order valence-corrected chi connectivity index (χ0v) is 18.4. The predicted molar refractivity (Wildman–Crippen MR) is 117 cm³/mol. The smallest absolute Gasteiger partial charge is 0.296 e. The summed E-state index contributed by atoms with van der Waals surface area (Å²) in [6.07, 6.45) is 0. The topological polar surface area (TPSA) is 70.8 Å². The Kier molecular flexibility index (Phi) is 5.54. The first-order valence-electron chi connectivity index (χ1n) is 9.62. The number of hydrogen-bond donors (Lipinski definition) is 1. The van der Waals surface area contributed by atoms with Crippen molar-refractivity contribution >= 4 is 33.4 Å². The Balaban J connectivity index is 1.84. The van der Waals surface area contributed by atoms with Gasteiger partial charge in [0.05, 0.1) is 5.57 Å². The number of rotatable bonds is 4. The second-order valence-electron chi connectivity index (χ2n) is 7.47. The number of carbonyl (C=O) groups excluding carboxylic acids is 2. The van der Waals surface area contributed by atoms with Crippen LogP contribution in [0, 0.1) is 19.7 Å². The molecule has 2 aromatic carbocycles. The van der Waals surface area contributed by atoms with Gasteiger partial charge in [-0.05, 0) is 61.4 Å². The van der Waals surface area contributed by atoms with E-state index in [-0.39, 0.29) is 17.9 Å². The summed E-state index contributed by atoms with van der Waals surface area (Å²) in [7, 11) is 0. The van der Waals surface area contributed by atoms with Gasteiger partial charge in [-0.15, -0.1) is 0 Å². The van der Waals surface area contributed by atoms with E-state index in [0.29, 0.717) is 22.6 Å². The van der Waals surface area contributed by atoms with E-state index < -0.39 is 23.5 Å². The minimum Gasteiger partial charge on any atom is -0.507 e. The van der Waals surface area contributed by atoms with E-state index in [1.54, 1.807) is 49.4 Å². The van der Waals surface area contributed by atoms with Gasteiger partial charge < -0.3 is 14.4 Å². The van der Waals surface area contributed by atoms with E-state index in [4.69, 9.17) is 4.42 Å². The number of hydrogen-bond acceptors (Lipinski definition) is 4. The van der Waals surface area contributed by atoms with Crippen LogP contribution >= 0.6 is 15.9 Å². The van der Waals surface area contributed by atoms with Gasteiger partial charge in [-0.25, -0.2) is 4.39 Å². The second-order valence-corrected chi connectivity index (χ2v) is 8.32. The quantitative estimate of drug-likeness (QED) is 0.305. The minimum absolute atomic E-state index is 0.0387. The van der Waals surface area contributed by atoms with Crippen molar-refractivity contribution in [1.29, 1.82) is 0 Å². The molecule has 1 aromatic heterocycles. The molecular formula is C24H19BrFNO4. The number of halogens is 2. The first kappa shape index (κ1) is 21.1. The Morgan fingerprint density at radius 1 is 1.10 bits per heavy atom. The fourth-order valence-corrected chi connectivity index (χ4v) is 3.92. The maximum Gasteiger partial charge on any atom is 0.296 e. The Labute approximate surface area is 186 Å². The molecule has 1 fully saturated rings. The number of amides is 1. The van der Waals surface area contributed by atoms with Gasteiger partial charge in [0, 0.05) is 16.6 Å².